The molecular formula is C29H39Cl2N5O. The van der Waals surface area contributed by atoms with Crippen molar-refractivity contribution in [3.8, 4) is 0 Å². The van der Waals surface area contributed by atoms with Gasteiger partial charge in [0.1, 0.15) is 5.82 Å². The number of piperidine rings is 1. The van der Waals surface area contributed by atoms with E-state index in [4.69, 9.17) is 33.2 Å². The number of benzene rings is 1. The zero-order valence-corrected chi connectivity index (χ0v) is 23.4. The molecule has 6 nitrogen and oxygen atoms in total. The predicted octanol–water partition coefficient (Wildman–Crippen LogP) is 6.35. The molecule has 2 aromatic rings. The van der Waals surface area contributed by atoms with Crippen LogP contribution in [-0.4, -0.2) is 52.2 Å². The molecule has 2 saturated carbocycles. The smallest absolute Gasteiger partial charge is 0.227 e. The summed E-state index contributed by atoms with van der Waals surface area (Å²) in [5.74, 6) is 4.15. The summed E-state index contributed by atoms with van der Waals surface area (Å²) in [6.07, 6.45) is 8.82. The van der Waals surface area contributed by atoms with E-state index >= 15 is 0 Å². The van der Waals surface area contributed by atoms with Gasteiger partial charge in [-0.15, -0.1) is 0 Å². The zero-order chi connectivity index (χ0) is 25.7. The Morgan fingerprint density at radius 3 is 2.54 bits per heavy atom. The van der Waals surface area contributed by atoms with Crippen LogP contribution in [0.15, 0.2) is 24.4 Å². The molecule has 2 aliphatic carbocycles. The number of nitrogens with zero attached hydrogens (tertiary/aromatic N) is 4. The van der Waals surface area contributed by atoms with Gasteiger partial charge < -0.3 is 20.2 Å². The highest BCUT2D eigenvalue weighted by Gasteiger charge is 2.40. The third-order valence-electron chi connectivity index (χ3n) is 9.19. The largest absolute Gasteiger partial charge is 0.388 e. The van der Waals surface area contributed by atoms with Crippen molar-refractivity contribution in [2.75, 3.05) is 36.4 Å². The summed E-state index contributed by atoms with van der Waals surface area (Å²) in [5.41, 5.74) is 1.72. The number of hydrogen-bond donors (Lipinski definition) is 2. The van der Waals surface area contributed by atoms with Gasteiger partial charge in [-0.05, 0) is 93.4 Å². The number of aliphatic hydroxyl groups excluding tert-OH is 1. The molecule has 3 heterocycles. The highest BCUT2D eigenvalue weighted by atomic mass is 35.5. The third kappa shape index (κ3) is 5.45. The minimum absolute atomic E-state index is 0.0933. The van der Waals surface area contributed by atoms with Crippen LogP contribution in [0.25, 0.3) is 0 Å². The molecule has 1 aromatic heterocycles. The van der Waals surface area contributed by atoms with Gasteiger partial charge >= 0.3 is 0 Å². The number of hydrogen-bond acceptors (Lipinski definition) is 6. The zero-order valence-electron chi connectivity index (χ0n) is 21.9. The lowest BCUT2D eigenvalue weighted by Gasteiger charge is -2.50. The minimum Gasteiger partial charge on any atom is -0.388 e. The maximum atomic E-state index is 11.0. The van der Waals surface area contributed by atoms with Crippen molar-refractivity contribution >= 4 is 35.0 Å². The summed E-state index contributed by atoms with van der Waals surface area (Å²) in [4.78, 5) is 14.7. The highest BCUT2D eigenvalue weighted by Crippen LogP contribution is 2.44. The van der Waals surface area contributed by atoms with Crippen LogP contribution in [0.2, 0.25) is 10.0 Å². The molecule has 1 unspecified atom stereocenters. The summed E-state index contributed by atoms with van der Waals surface area (Å²) in [6.45, 7) is 9.01. The quantitative estimate of drug-likeness (QED) is 0.404. The van der Waals surface area contributed by atoms with E-state index in [9.17, 15) is 5.11 Å². The fourth-order valence-electron chi connectivity index (χ4n) is 6.56. The summed E-state index contributed by atoms with van der Waals surface area (Å²) in [5, 5.41) is 15.7. The Hall–Kier alpha value is -1.60. The fraction of sp³-hybridized carbons (Fsp3) is 0.655. The minimum atomic E-state index is -0.545. The number of halogens is 2. The normalized spacial score (nSPS) is 28.4. The van der Waals surface area contributed by atoms with Crippen LogP contribution in [0.4, 0.5) is 11.8 Å². The van der Waals surface area contributed by atoms with Gasteiger partial charge in [0, 0.05) is 47.5 Å². The lowest BCUT2D eigenvalue weighted by Crippen LogP contribution is -2.56. The molecule has 0 amide bonds. The SMILES string of the molecule is CC1CC(N2CCC[C@H](C3CN(c4ncc(C(O)C5CC5)c(N[C@H](C)c5ccc(Cl)cc5Cl)n4)C3)C2)C1. The Morgan fingerprint density at radius 2 is 1.84 bits per heavy atom. The van der Waals surface area contributed by atoms with E-state index in [0.29, 0.717) is 27.7 Å². The molecule has 200 valence electrons. The molecule has 4 fully saturated rings. The van der Waals surface area contributed by atoms with Crippen LogP contribution < -0.4 is 10.2 Å². The molecular weight excluding hydrogens is 505 g/mol. The monoisotopic (exact) mass is 543 g/mol. The van der Waals surface area contributed by atoms with Crippen molar-refractivity contribution in [1.29, 1.82) is 0 Å². The number of aromatic nitrogens is 2. The maximum absolute atomic E-state index is 11.0. The van der Waals surface area contributed by atoms with Gasteiger partial charge in [-0.25, -0.2) is 4.98 Å². The van der Waals surface area contributed by atoms with Crippen LogP contribution in [0, 0.1) is 23.7 Å². The second-order valence-corrected chi connectivity index (χ2v) is 12.9. The van der Waals surface area contributed by atoms with Crippen molar-refractivity contribution in [2.45, 2.75) is 70.6 Å². The Balaban J connectivity index is 1.14. The second kappa shape index (κ2) is 10.5. The average Bonchev–Trinajstić information content (AvgIpc) is 3.67. The topological polar surface area (TPSA) is 64.5 Å². The predicted molar refractivity (Wildman–Crippen MR) is 150 cm³/mol. The van der Waals surface area contributed by atoms with Crippen LogP contribution in [0.5, 0.6) is 0 Å². The molecule has 4 aliphatic rings. The number of aliphatic hydroxyl groups is 1. The molecule has 37 heavy (non-hydrogen) atoms. The molecule has 8 heteroatoms. The average molecular weight is 545 g/mol. The van der Waals surface area contributed by atoms with Gasteiger partial charge in [0.25, 0.3) is 0 Å². The molecule has 2 aliphatic heterocycles. The summed E-state index contributed by atoms with van der Waals surface area (Å²) in [7, 11) is 0. The van der Waals surface area contributed by atoms with E-state index in [2.05, 4.69) is 29.0 Å². The summed E-state index contributed by atoms with van der Waals surface area (Å²) < 4.78 is 0. The van der Waals surface area contributed by atoms with Gasteiger partial charge in [-0.2, -0.15) is 4.98 Å². The van der Waals surface area contributed by atoms with Crippen molar-refractivity contribution in [3.63, 3.8) is 0 Å². The van der Waals surface area contributed by atoms with E-state index in [1.807, 2.05) is 18.3 Å². The van der Waals surface area contributed by atoms with E-state index < -0.39 is 6.10 Å². The Labute approximate surface area is 230 Å². The van der Waals surface area contributed by atoms with E-state index in [-0.39, 0.29) is 6.04 Å². The van der Waals surface area contributed by atoms with Crippen molar-refractivity contribution < 1.29 is 5.11 Å². The molecule has 0 bridgehead atoms. The van der Waals surface area contributed by atoms with Crippen molar-refractivity contribution in [1.82, 2.24) is 14.9 Å². The lowest BCUT2D eigenvalue weighted by atomic mass is 9.76. The summed E-state index contributed by atoms with van der Waals surface area (Å²) in [6, 6.07) is 6.29. The Kier molecular flexibility index (Phi) is 7.30. The number of nitrogens with one attached hydrogen (secondary N) is 1. The first-order valence-electron chi connectivity index (χ1n) is 14.1. The maximum Gasteiger partial charge on any atom is 0.227 e. The van der Waals surface area contributed by atoms with Gasteiger partial charge in [-0.3, -0.25) is 0 Å². The van der Waals surface area contributed by atoms with Crippen LogP contribution >= 0.6 is 23.2 Å². The number of rotatable bonds is 8. The molecule has 2 saturated heterocycles. The fourth-order valence-corrected chi connectivity index (χ4v) is 7.13. The first-order chi connectivity index (χ1) is 17.9. The van der Waals surface area contributed by atoms with Gasteiger partial charge in [-0.1, -0.05) is 36.2 Å². The third-order valence-corrected chi connectivity index (χ3v) is 9.75. The van der Waals surface area contributed by atoms with E-state index in [1.54, 1.807) is 6.07 Å². The standard InChI is InChI=1S/C29H39Cl2N5O/c1-17-10-23(11-17)35-9-3-4-20(14-35)21-15-36(16-21)29-32-13-25(27(37)19-5-6-19)28(34-29)33-18(2)24-8-7-22(30)12-26(24)31/h7-8,12-13,17-21,23,27,37H,3-6,9-11,14-16H2,1-2H3,(H,32,33,34)/t17?,18-,20+,23?,27?/m1/s1. The van der Waals surface area contributed by atoms with E-state index in [1.165, 1.54) is 38.8 Å². The molecule has 6 rings (SSSR count). The highest BCUT2D eigenvalue weighted by molar-refractivity contribution is 6.35. The van der Waals surface area contributed by atoms with Crippen molar-refractivity contribution in [2.24, 2.45) is 23.7 Å². The Morgan fingerprint density at radius 1 is 1.05 bits per heavy atom. The number of anilines is 2. The van der Waals surface area contributed by atoms with Crippen molar-refractivity contribution in [3.05, 3.63) is 45.6 Å². The van der Waals surface area contributed by atoms with Gasteiger partial charge in [0.15, 0.2) is 0 Å². The first-order valence-corrected chi connectivity index (χ1v) is 14.9. The van der Waals surface area contributed by atoms with E-state index in [0.717, 1.165) is 60.9 Å². The van der Waals surface area contributed by atoms with Gasteiger partial charge in [0.2, 0.25) is 5.95 Å². The molecule has 2 N–H and O–H groups in total. The molecule has 0 radical (unpaired) electrons. The molecule has 0 spiro atoms. The molecule has 3 atom stereocenters. The first kappa shape index (κ1) is 25.7. The van der Waals surface area contributed by atoms with Crippen LogP contribution in [-0.2, 0) is 0 Å². The lowest BCUT2D eigenvalue weighted by molar-refractivity contribution is 0.0294. The molecule has 1 aromatic carbocycles. The van der Waals surface area contributed by atoms with Crippen LogP contribution in [0.3, 0.4) is 0 Å². The second-order valence-electron chi connectivity index (χ2n) is 12.1. The summed E-state index contributed by atoms with van der Waals surface area (Å²) >= 11 is 12.6. The van der Waals surface area contributed by atoms with Gasteiger partial charge in [0.05, 0.1) is 12.1 Å². The number of likely N-dealkylation sites (tertiary alicyclic amines) is 1. The Bertz CT molecular complexity index is 1120. The van der Waals surface area contributed by atoms with Crippen LogP contribution in [0.1, 0.15) is 75.6 Å².